The van der Waals surface area contributed by atoms with Gasteiger partial charge in [-0.25, -0.2) is 34.9 Å². The molecule has 139 heavy (non-hydrogen) atoms. The summed E-state index contributed by atoms with van der Waals surface area (Å²) in [5.41, 5.74) is 12.9. The number of nitrogens with zero attached hydrogens (tertiary/aromatic N) is 12. The molecule has 0 unspecified atom stereocenters. The van der Waals surface area contributed by atoms with Crippen molar-refractivity contribution in [1.82, 2.24) is 79.4 Å². The van der Waals surface area contributed by atoms with Crippen molar-refractivity contribution in [1.29, 1.82) is 0 Å². The number of amides is 4. The third kappa shape index (κ3) is 27.0. The lowest BCUT2D eigenvalue weighted by Crippen LogP contribution is -2.31. The van der Waals surface area contributed by atoms with E-state index in [1.165, 1.54) is 32.3 Å². The van der Waals surface area contributed by atoms with Gasteiger partial charge in [-0.05, 0) is 205 Å². The average Bonchev–Trinajstić information content (AvgIpc) is 0.782. The van der Waals surface area contributed by atoms with E-state index < -0.39 is 0 Å². The smallest absolute Gasteiger partial charge is 0.278 e. The Kier molecular flexibility index (Phi) is 35.1. The van der Waals surface area contributed by atoms with Gasteiger partial charge in [-0.3, -0.25) is 47.5 Å². The zero-order valence-electron chi connectivity index (χ0n) is 76.9. The lowest BCUT2D eigenvalue weighted by Gasteiger charge is -2.15. The molecular formula is C101H96Cl6N20O12. The molecule has 0 spiro atoms. The Morgan fingerprint density at radius 1 is 0.317 bits per heavy atom. The highest BCUT2D eigenvalue weighted by Crippen LogP contribution is 2.31. The predicted octanol–water partition coefficient (Wildman–Crippen LogP) is 17.1. The van der Waals surface area contributed by atoms with E-state index in [2.05, 4.69) is 82.4 Å². The number of rotatable bonds is 32. The highest BCUT2D eigenvalue weighted by molar-refractivity contribution is 6.42. The summed E-state index contributed by atoms with van der Waals surface area (Å²) in [6, 6.07) is 63.9. The van der Waals surface area contributed by atoms with Crippen LogP contribution in [0, 0.1) is 6.92 Å². The number of halogens is 6. The molecule has 0 atom stereocenters. The van der Waals surface area contributed by atoms with Crippen LogP contribution in [0.3, 0.4) is 0 Å². The maximum Gasteiger partial charge on any atom is 0.278 e. The lowest BCUT2D eigenvalue weighted by atomic mass is 10.1. The topological polar surface area (TPSA) is 393 Å². The van der Waals surface area contributed by atoms with Gasteiger partial charge in [-0.2, -0.15) is 4.98 Å². The maximum absolute atomic E-state index is 13.5. The molecule has 7 aromatic heterocycles. The molecule has 4 amide bonds. The van der Waals surface area contributed by atoms with Crippen molar-refractivity contribution in [3.8, 4) is 68.0 Å². The Labute approximate surface area is 827 Å². The second-order valence-corrected chi connectivity index (χ2v) is 33.8. The van der Waals surface area contributed by atoms with Crippen molar-refractivity contribution in [3.63, 3.8) is 0 Å². The normalized spacial score (nSPS) is 10.8. The predicted molar refractivity (Wildman–Crippen MR) is 548 cm³/mol. The van der Waals surface area contributed by atoms with Crippen molar-refractivity contribution in [2.75, 3.05) is 75.9 Å². The zero-order chi connectivity index (χ0) is 98.9. The molecule has 0 radical (unpaired) electrons. The summed E-state index contributed by atoms with van der Waals surface area (Å²) in [5.74, 6) is 3.55. The van der Waals surface area contributed by atoms with E-state index in [0.29, 0.717) is 202 Å². The van der Waals surface area contributed by atoms with Crippen molar-refractivity contribution in [2.24, 2.45) is 0 Å². The summed E-state index contributed by atoms with van der Waals surface area (Å²) >= 11 is 36.3. The molecule has 7 heterocycles. The van der Waals surface area contributed by atoms with Crippen LogP contribution in [0.4, 0.5) is 23.3 Å². The molecule has 714 valence electrons. The van der Waals surface area contributed by atoms with E-state index in [4.69, 9.17) is 88.6 Å². The number of methoxy groups -OCH3 is 4. The monoisotopic (exact) mass is 1990 g/mol. The Morgan fingerprint density at radius 3 is 1.12 bits per heavy atom. The minimum atomic E-state index is -0.331. The number of aromatic nitrogens is 12. The van der Waals surface area contributed by atoms with Gasteiger partial charge in [0.05, 0.1) is 77.5 Å². The Hall–Kier alpha value is -15.1. The molecule has 38 heteroatoms. The zero-order valence-corrected chi connectivity index (χ0v) is 81.4. The Balaban J connectivity index is 0.000000156. The van der Waals surface area contributed by atoms with Gasteiger partial charge in [0.1, 0.15) is 74.0 Å². The van der Waals surface area contributed by atoms with Crippen molar-refractivity contribution in [3.05, 3.63) is 324 Å². The van der Waals surface area contributed by atoms with Crippen LogP contribution < -0.4 is 83.7 Å². The number of anilines is 4. The van der Waals surface area contributed by atoms with E-state index in [-0.39, 0.29) is 77.7 Å². The van der Waals surface area contributed by atoms with Gasteiger partial charge in [0.2, 0.25) is 29.6 Å². The summed E-state index contributed by atoms with van der Waals surface area (Å²) in [6.45, 7) is 12.0. The highest BCUT2D eigenvalue weighted by Gasteiger charge is 2.22. The fourth-order valence-corrected chi connectivity index (χ4v) is 15.3. The summed E-state index contributed by atoms with van der Waals surface area (Å²) in [7, 11) is 6.33. The third-order valence-corrected chi connectivity index (χ3v) is 23.7. The number of benzene rings is 9. The van der Waals surface area contributed by atoms with Crippen LogP contribution in [0.1, 0.15) is 55.5 Å². The minimum absolute atomic E-state index is 0.146. The fourth-order valence-electron chi connectivity index (χ4n) is 14.4. The van der Waals surface area contributed by atoms with Gasteiger partial charge in [0, 0.05) is 150 Å². The number of carbonyl (C=O) groups excluding carboxylic acids is 4. The van der Waals surface area contributed by atoms with Gasteiger partial charge in [-0.1, -0.05) is 106 Å². The largest absolute Gasteiger partial charge is 0.497 e. The van der Waals surface area contributed by atoms with Gasteiger partial charge in [-0.15, -0.1) is 0 Å². The van der Waals surface area contributed by atoms with E-state index in [0.717, 1.165) is 38.5 Å². The molecule has 16 rings (SSSR count). The van der Waals surface area contributed by atoms with E-state index >= 15 is 0 Å². The van der Waals surface area contributed by atoms with Crippen LogP contribution in [0.15, 0.2) is 244 Å². The van der Waals surface area contributed by atoms with Crippen LogP contribution in [0.2, 0.25) is 30.1 Å². The number of carbonyl (C=O) groups is 4. The molecule has 16 aromatic rings. The van der Waals surface area contributed by atoms with Crippen molar-refractivity contribution >= 4 is 161 Å². The SMILES string of the molecule is COc1ccc(-c2nc3ccc(NCc4ccc(Cl)c(C)c4)cc3n(CCNC(C)=O)c2=O)cc1.COc1ccc(-c2nc3ccc(NCc4ccc(Cl)cc4)nc3n(CCNC(C)=O)c2=O)cc1.COc1ccc(-c2nc3cnc(NCc4ccc(Cl)c(Cl)c4)cc3n(CCNC(C)=O)c2=O)cc1.COc1ccc(-c2nc3cnc(NCc4ccc(Cl)c(Cl)c4)nc3n(CCNC(C)=O)c2=O)cc1. The van der Waals surface area contributed by atoms with Crippen molar-refractivity contribution in [2.45, 2.75) is 87.0 Å². The maximum atomic E-state index is 13.5. The molecule has 0 fully saturated rings. The van der Waals surface area contributed by atoms with Crippen LogP contribution in [0.25, 0.3) is 89.4 Å². The highest BCUT2D eigenvalue weighted by atomic mass is 35.5. The summed E-state index contributed by atoms with van der Waals surface area (Å²) in [6.07, 6.45) is 3.18. The second kappa shape index (κ2) is 48.1. The van der Waals surface area contributed by atoms with Gasteiger partial charge < -0.3 is 70.6 Å². The quantitative estimate of drug-likeness (QED) is 0.0194. The average molecular weight is 1990 g/mol. The number of aryl methyl sites for hydroxylation is 1. The molecule has 0 aliphatic carbocycles. The molecule has 32 nitrogen and oxygen atoms in total. The summed E-state index contributed by atoms with van der Waals surface area (Å²) in [4.78, 5) is 136. The minimum Gasteiger partial charge on any atom is -0.497 e. The lowest BCUT2D eigenvalue weighted by molar-refractivity contribution is -0.119. The van der Waals surface area contributed by atoms with E-state index in [1.807, 2.05) is 104 Å². The summed E-state index contributed by atoms with van der Waals surface area (Å²) < 4.78 is 27.1. The summed E-state index contributed by atoms with van der Waals surface area (Å²) in [5, 5.41) is 27.3. The molecule has 8 N–H and O–H groups in total. The second-order valence-electron chi connectivity index (χ2n) is 31.3. The first-order valence-electron chi connectivity index (χ1n) is 43.5. The Morgan fingerprint density at radius 2 is 0.676 bits per heavy atom. The molecule has 0 saturated heterocycles. The van der Waals surface area contributed by atoms with Gasteiger partial charge in [0.15, 0.2) is 11.3 Å². The molecule has 0 aliphatic rings. The van der Waals surface area contributed by atoms with Gasteiger partial charge in [0.25, 0.3) is 22.2 Å². The van der Waals surface area contributed by atoms with Crippen LogP contribution in [-0.2, 0) is 71.5 Å². The number of nitrogens with one attached hydrogen (secondary N) is 8. The molecule has 0 saturated carbocycles. The molecule has 9 aromatic carbocycles. The first-order valence-corrected chi connectivity index (χ1v) is 45.8. The number of hydrogen-bond acceptors (Lipinski definition) is 24. The van der Waals surface area contributed by atoms with Crippen LogP contribution in [0.5, 0.6) is 23.0 Å². The Bertz CT molecular complexity index is 6910. The number of hydrogen-bond donors (Lipinski definition) is 8. The standard InChI is InChI=1S/C27H27ClN4O3.C25H23Cl2N5O3.C25H24ClN5O3.C24H22Cl2N6O3/c1-17-14-19(4-10-23(17)28)16-30-21-7-11-24-25(15-21)32(13-12-29-18(2)33)27(34)26(31-24)20-5-8-22(35-3)9-6-20;1-15(33)28-9-10-32-22-12-23(29-13-16-3-8-19(26)20(27)11-16)30-14-21(22)31-24(25(32)34)17-4-6-18(35-2)7-5-17;1-16(32)27-13-14-31-24-21(29-23(25(31)33)18-5-9-20(34-2)10-6-18)11-12-22(30-24)28-15-17-3-7-19(26)8-4-17;1-14(33)27-9-10-32-22-20(30-21(23(32)34)16-4-6-17(35-2)7-5-16)13-29-24(31-22)28-12-15-3-8-18(25)19(26)11-15/h4-11,14-15,30H,12-13,16H2,1-3H3,(H,29,33);3-8,11-12,14H,9-10,13H2,1-2H3,(H,28,33)(H,29,30);3-12H,13-15H2,1-2H3,(H,27,32)(H,28,30);3-8,11,13H,9-10,12H2,1-2H3,(H,27,33)(H,28,29,31). The molecular weight excluding hydrogens is 1900 g/mol. The molecule has 0 aliphatic heterocycles. The van der Waals surface area contributed by atoms with Crippen molar-refractivity contribution < 1.29 is 38.1 Å². The first kappa shape index (κ1) is 101. The number of pyridine rings is 2. The van der Waals surface area contributed by atoms with Gasteiger partial charge >= 0.3 is 0 Å². The van der Waals surface area contributed by atoms with E-state index in [9.17, 15) is 38.4 Å². The fraction of sp³-hybridized carbons (Fsp3) is 0.208. The van der Waals surface area contributed by atoms with E-state index in [1.54, 1.807) is 170 Å². The number of fused-ring (bicyclic) bond motifs is 4. The number of ether oxygens (including phenoxy) is 4. The first-order chi connectivity index (χ1) is 67.0. The van der Waals surface area contributed by atoms with Crippen LogP contribution >= 0.6 is 69.6 Å². The third-order valence-electron chi connectivity index (χ3n) is 21.5. The molecule has 0 bridgehead atoms. The van der Waals surface area contributed by atoms with Crippen LogP contribution in [-0.4, -0.2) is 136 Å².